The predicted octanol–water partition coefficient (Wildman–Crippen LogP) is 13.3. The molecule has 4 aromatic heterocycles. The summed E-state index contributed by atoms with van der Waals surface area (Å²) in [6.45, 7) is 6.50. The number of fused-ring (bicyclic) bond motifs is 2. The van der Waals surface area contributed by atoms with Crippen LogP contribution in [0.25, 0.3) is 20.4 Å². The van der Waals surface area contributed by atoms with Crippen molar-refractivity contribution in [2.24, 2.45) is 0 Å². The zero-order chi connectivity index (χ0) is 48.7. The standard InChI is InChI=1S/C56H48N10O3S2/c1-4-35-17-25-45-47(29-35)70-55(61-45)65-49-32-44(28-37-13-9-6-10-14-37)60-54(64-49)58-42-23-18-39(19-24-42)52(68)69-51(67)30-38-15-21-41(22-16-38)57-53-59-43(27-36-11-7-5-8-12-36)33-50(63-53)66-56-62-46-26-20-40(34(2)3)31-48(46)71-56/h5-26,29,31-34H,4,27-28,30H2,1-3H3,(H2,57,59,62,63,66)(H2,58,60,61,64,65). The number of benzene rings is 6. The predicted molar refractivity (Wildman–Crippen MR) is 285 cm³/mol. The summed E-state index contributed by atoms with van der Waals surface area (Å²) in [6.07, 6.45) is 2.05. The number of esters is 2. The monoisotopic (exact) mass is 972 g/mol. The van der Waals surface area contributed by atoms with Crippen molar-refractivity contribution in [1.29, 1.82) is 0 Å². The maximum Gasteiger partial charge on any atom is 0.345 e. The molecule has 71 heavy (non-hydrogen) atoms. The fraction of sp³-hybridized carbons (Fsp3) is 0.143. The van der Waals surface area contributed by atoms with Crippen molar-refractivity contribution in [3.63, 3.8) is 0 Å². The van der Waals surface area contributed by atoms with E-state index in [0.29, 0.717) is 53.5 Å². The maximum atomic E-state index is 13.1. The number of thiazole rings is 2. The molecule has 0 aliphatic carbocycles. The molecule has 13 nitrogen and oxygen atoms in total. The number of carbonyl (C=O) groups excluding carboxylic acids is 2. The average Bonchev–Trinajstić information content (AvgIpc) is 3.97. The molecule has 0 unspecified atom stereocenters. The molecule has 0 aliphatic rings. The van der Waals surface area contributed by atoms with Crippen molar-refractivity contribution >= 4 is 100 Å². The van der Waals surface area contributed by atoms with Crippen molar-refractivity contribution in [1.82, 2.24) is 29.9 Å². The highest BCUT2D eigenvalue weighted by Crippen LogP contribution is 2.32. The van der Waals surface area contributed by atoms with E-state index >= 15 is 0 Å². The summed E-state index contributed by atoms with van der Waals surface area (Å²) in [5.74, 6) is 0.964. The molecular formula is C56H48N10O3S2. The molecule has 0 bridgehead atoms. The van der Waals surface area contributed by atoms with Crippen molar-refractivity contribution in [3.05, 3.63) is 202 Å². The molecule has 0 aliphatic heterocycles. The van der Waals surface area contributed by atoms with E-state index in [1.807, 2.05) is 66.7 Å². The summed E-state index contributed by atoms with van der Waals surface area (Å²) >= 11 is 3.15. The van der Waals surface area contributed by atoms with Crippen LogP contribution < -0.4 is 21.3 Å². The number of rotatable bonds is 17. The number of nitrogens with one attached hydrogen (secondary N) is 4. The Morgan fingerprint density at radius 2 is 1.03 bits per heavy atom. The zero-order valence-corrected chi connectivity index (χ0v) is 40.8. The first-order valence-electron chi connectivity index (χ1n) is 23.3. The molecule has 4 N–H and O–H groups in total. The maximum absolute atomic E-state index is 13.1. The minimum atomic E-state index is -0.752. The van der Waals surface area contributed by atoms with E-state index in [1.54, 1.807) is 59.1 Å². The highest BCUT2D eigenvalue weighted by atomic mass is 32.1. The van der Waals surface area contributed by atoms with Crippen LogP contribution in [0.5, 0.6) is 0 Å². The summed E-state index contributed by atoms with van der Waals surface area (Å²) in [5, 5.41) is 14.9. The van der Waals surface area contributed by atoms with Crippen LogP contribution in [-0.4, -0.2) is 41.8 Å². The third-order valence-corrected chi connectivity index (χ3v) is 13.4. The molecule has 4 heterocycles. The van der Waals surface area contributed by atoms with Crippen LogP contribution in [0.3, 0.4) is 0 Å². The fourth-order valence-electron chi connectivity index (χ4n) is 7.86. The van der Waals surface area contributed by atoms with Crippen LogP contribution in [0.15, 0.2) is 158 Å². The number of aryl methyl sites for hydroxylation is 1. The lowest BCUT2D eigenvalue weighted by Gasteiger charge is -2.11. The van der Waals surface area contributed by atoms with Crippen LogP contribution >= 0.6 is 22.7 Å². The molecule has 0 spiro atoms. The van der Waals surface area contributed by atoms with Gasteiger partial charge in [0.2, 0.25) is 11.9 Å². The Labute approximate surface area is 418 Å². The van der Waals surface area contributed by atoms with Crippen LogP contribution in [0.1, 0.15) is 76.3 Å². The largest absolute Gasteiger partial charge is 0.389 e. The molecule has 10 rings (SSSR count). The fourth-order valence-corrected chi connectivity index (χ4v) is 9.72. The van der Waals surface area contributed by atoms with Crippen LogP contribution in [0.4, 0.5) is 45.2 Å². The molecule has 10 aromatic rings. The van der Waals surface area contributed by atoms with Gasteiger partial charge in [0.25, 0.3) is 0 Å². The summed E-state index contributed by atoms with van der Waals surface area (Å²) in [5.41, 5.74) is 10.5. The number of nitrogens with zero attached hydrogens (tertiary/aromatic N) is 6. The normalized spacial score (nSPS) is 11.2. The van der Waals surface area contributed by atoms with Gasteiger partial charge < -0.3 is 26.0 Å². The third-order valence-electron chi connectivity index (χ3n) is 11.6. The van der Waals surface area contributed by atoms with Crippen molar-refractivity contribution in [2.75, 3.05) is 21.3 Å². The van der Waals surface area contributed by atoms with Gasteiger partial charge in [-0.3, -0.25) is 4.79 Å². The highest BCUT2D eigenvalue weighted by Gasteiger charge is 2.16. The quantitative estimate of drug-likeness (QED) is 0.0503. The Hall–Kier alpha value is -8.40. The van der Waals surface area contributed by atoms with Crippen LogP contribution in [-0.2, 0) is 35.2 Å². The zero-order valence-electron chi connectivity index (χ0n) is 39.1. The van der Waals surface area contributed by atoms with Gasteiger partial charge in [-0.2, -0.15) is 9.97 Å². The van der Waals surface area contributed by atoms with Crippen molar-refractivity contribution in [2.45, 2.75) is 52.4 Å². The molecule has 0 fully saturated rings. The van der Waals surface area contributed by atoms with E-state index in [0.717, 1.165) is 65.3 Å². The summed E-state index contributed by atoms with van der Waals surface area (Å²) < 4.78 is 7.49. The number of anilines is 8. The van der Waals surface area contributed by atoms with Crippen LogP contribution in [0, 0.1) is 0 Å². The van der Waals surface area contributed by atoms with E-state index in [-0.39, 0.29) is 12.0 Å². The van der Waals surface area contributed by atoms with Crippen molar-refractivity contribution < 1.29 is 14.3 Å². The first kappa shape index (κ1) is 46.3. The Morgan fingerprint density at radius 3 is 1.56 bits per heavy atom. The van der Waals surface area contributed by atoms with Crippen LogP contribution in [0.2, 0.25) is 0 Å². The van der Waals surface area contributed by atoms with E-state index in [2.05, 4.69) is 96.6 Å². The molecule has 15 heteroatoms. The SMILES string of the molecule is CCc1ccc2nc(Nc3cc(Cc4ccccc4)nc(Nc4ccc(C(=O)OC(=O)Cc5ccc(Nc6nc(Cc7ccccc7)cc(Nc7nc8ccc(C(C)C)cc8s7)n6)cc5)cc4)n3)sc2c1. The molecule has 0 amide bonds. The Bertz CT molecular complexity index is 3490. The van der Waals surface area contributed by atoms with Gasteiger partial charge in [0.05, 0.1) is 43.8 Å². The van der Waals surface area contributed by atoms with Gasteiger partial charge in [-0.15, -0.1) is 0 Å². The van der Waals surface area contributed by atoms with Gasteiger partial charge >= 0.3 is 11.9 Å². The molecule has 0 radical (unpaired) electrons. The Morgan fingerprint density at radius 1 is 0.521 bits per heavy atom. The second-order valence-corrected chi connectivity index (χ2v) is 19.3. The molecular weight excluding hydrogens is 925 g/mol. The molecule has 352 valence electrons. The van der Waals surface area contributed by atoms with E-state index in [9.17, 15) is 9.59 Å². The highest BCUT2D eigenvalue weighted by molar-refractivity contribution is 7.22. The van der Waals surface area contributed by atoms with Gasteiger partial charge in [-0.1, -0.05) is 128 Å². The first-order valence-corrected chi connectivity index (χ1v) is 24.9. The number of hydrogen-bond acceptors (Lipinski definition) is 15. The van der Waals surface area contributed by atoms with Gasteiger partial charge in [0.15, 0.2) is 10.3 Å². The molecule has 0 saturated carbocycles. The first-order chi connectivity index (χ1) is 34.6. The minimum Gasteiger partial charge on any atom is -0.389 e. The van der Waals surface area contributed by atoms with Gasteiger partial charge in [-0.25, -0.2) is 24.7 Å². The average molecular weight is 973 g/mol. The lowest BCUT2D eigenvalue weighted by atomic mass is 10.0. The molecule has 6 aromatic carbocycles. The van der Waals surface area contributed by atoms with E-state index in [1.165, 1.54) is 11.1 Å². The molecule has 0 saturated heterocycles. The second-order valence-electron chi connectivity index (χ2n) is 17.2. The minimum absolute atomic E-state index is 0.104. The Kier molecular flexibility index (Phi) is 13.8. The van der Waals surface area contributed by atoms with Crippen molar-refractivity contribution in [3.8, 4) is 0 Å². The molecule has 0 atom stereocenters. The summed E-state index contributed by atoms with van der Waals surface area (Å²) in [6, 6.07) is 50.7. The summed E-state index contributed by atoms with van der Waals surface area (Å²) in [4.78, 5) is 55.0. The second kappa shape index (κ2) is 21.1. The number of aromatic nitrogens is 6. The van der Waals surface area contributed by atoms with Gasteiger partial charge in [-0.05, 0) is 101 Å². The van der Waals surface area contributed by atoms with E-state index < -0.39 is 11.9 Å². The summed E-state index contributed by atoms with van der Waals surface area (Å²) in [7, 11) is 0. The topological polar surface area (TPSA) is 169 Å². The number of hydrogen-bond donors (Lipinski definition) is 4. The van der Waals surface area contributed by atoms with E-state index in [4.69, 9.17) is 34.6 Å². The lowest BCUT2D eigenvalue weighted by Crippen LogP contribution is -2.14. The Balaban J connectivity index is 0.774. The van der Waals surface area contributed by atoms with Gasteiger partial charge in [0, 0.05) is 36.3 Å². The third kappa shape index (κ3) is 11.9. The van der Waals surface area contributed by atoms with Gasteiger partial charge in [0.1, 0.15) is 11.6 Å². The number of carbonyl (C=O) groups is 2. The number of ether oxygens (including phenoxy) is 1. The lowest BCUT2D eigenvalue weighted by molar-refractivity contribution is -0.137. The smallest absolute Gasteiger partial charge is 0.345 e.